The second-order valence-electron chi connectivity index (χ2n) is 2.15. The molecule has 0 fully saturated rings. The first-order valence-electron chi connectivity index (χ1n) is 3.01. The SMILES string of the molecule is Fc1c(F)c(F)c(P(F)F)c(F)c1F. The quantitative estimate of drug-likeness (QED) is 0.304. The molecule has 78 valence electrons. The Morgan fingerprint density at radius 1 is 0.571 bits per heavy atom. The molecule has 1 rings (SSSR count). The number of halogens is 7. The summed E-state index contributed by atoms with van der Waals surface area (Å²) in [6, 6.07) is 0. The molecule has 0 spiro atoms. The summed E-state index contributed by atoms with van der Waals surface area (Å²) in [5.74, 6) is -12.1. The number of rotatable bonds is 1. The van der Waals surface area contributed by atoms with Crippen LogP contribution >= 0.6 is 8.54 Å². The van der Waals surface area contributed by atoms with Gasteiger partial charge in [0.05, 0.1) is 0 Å². The van der Waals surface area contributed by atoms with Crippen LogP contribution in [0.5, 0.6) is 0 Å². The Morgan fingerprint density at radius 2 is 0.857 bits per heavy atom. The van der Waals surface area contributed by atoms with Gasteiger partial charge in [-0.25, -0.2) is 22.0 Å². The fourth-order valence-corrected chi connectivity index (χ4v) is 1.23. The maximum absolute atomic E-state index is 12.5. The minimum absolute atomic E-state index is 2.04. The molecule has 0 aliphatic heterocycles. The van der Waals surface area contributed by atoms with Crippen LogP contribution in [0.1, 0.15) is 0 Å². The van der Waals surface area contributed by atoms with Gasteiger partial charge in [-0.2, -0.15) is 8.39 Å². The lowest BCUT2D eigenvalue weighted by molar-refractivity contribution is 0.383. The second-order valence-corrected chi connectivity index (χ2v) is 3.06. The minimum atomic E-state index is -4.38. The van der Waals surface area contributed by atoms with Crippen molar-refractivity contribution in [3.63, 3.8) is 0 Å². The van der Waals surface area contributed by atoms with Gasteiger partial charge in [-0.1, -0.05) is 0 Å². The lowest BCUT2D eigenvalue weighted by Gasteiger charge is -2.05. The maximum Gasteiger partial charge on any atom is 0.304 e. The lowest BCUT2D eigenvalue weighted by Crippen LogP contribution is -2.16. The molecule has 14 heavy (non-hydrogen) atoms. The maximum atomic E-state index is 12.5. The Balaban J connectivity index is 3.60. The number of hydrogen-bond donors (Lipinski definition) is 0. The van der Waals surface area contributed by atoms with Gasteiger partial charge in [0.2, 0.25) is 5.82 Å². The number of benzene rings is 1. The van der Waals surface area contributed by atoms with Gasteiger partial charge >= 0.3 is 8.54 Å². The Morgan fingerprint density at radius 3 is 1.14 bits per heavy atom. The second kappa shape index (κ2) is 3.73. The van der Waals surface area contributed by atoms with Gasteiger partial charge in [-0.15, -0.1) is 0 Å². The van der Waals surface area contributed by atoms with E-state index in [0.29, 0.717) is 0 Å². The molecule has 0 aromatic heterocycles. The summed E-state index contributed by atoms with van der Waals surface area (Å²) in [4.78, 5) is 0. The summed E-state index contributed by atoms with van der Waals surface area (Å²) in [6.07, 6.45) is 0. The summed E-state index contributed by atoms with van der Waals surface area (Å²) >= 11 is 0. The largest absolute Gasteiger partial charge is 0.304 e. The molecule has 0 aliphatic rings. The molecular weight excluding hydrogens is 236 g/mol. The van der Waals surface area contributed by atoms with E-state index < -0.39 is 42.9 Å². The molecule has 0 saturated carbocycles. The van der Waals surface area contributed by atoms with Crippen molar-refractivity contribution in [2.75, 3.05) is 0 Å². The van der Waals surface area contributed by atoms with Crippen LogP contribution in [-0.4, -0.2) is 0 Å². The van der Waals surface area contributed by atoms with Crippen LogP contribution in [0.25, 0.3) is 0 Å². The lowest BCUT2D eigenvalue weighted by atomic mass is 10.3. The van der Waals surface area contributed by atoms with Crippen LogP contribution in [0.2, 0.25) is 0 Å². The average molecular weight is 236 g/mol. The van der Waals surface area contributed by atoms with E-state index in [1.165, 1.54) is 0 Å². The smallest absolute Gasteiger partial charge is 0.203 e. The van der Waals surface area contributed by atoms with E-state index in [9.17, 15) is 30.3 Å². The third kappa shape index (κ3) is 1.56. The third-order valence-corrected chi connectivity index (χ3v) is 2.09. The molecule has 0 N–H and O–H groups in total. The van der Waals surface area contributed by atoms with E-state index in [1.807, 2.05) is 0 Å². The van der Waals surface area contributed by atoms with Gasteiger partial charge in [-0.05, 0) is 0 Å². The van der Waals surface area contributed by atoms with Crippen molar-refractivity contribution in [2.45, 2.75) is 0 Å². The average Bonchev–Trinajstić information content (AvgIpc) is 2.11. The molecule has 0 unspecified atom stereocenters. The Bertz CT molecular complexity index is 346. The first-order valence-corrected chi connectivity index (χ1v) is 4.13. The highest BCUT2D eigenvalue weighted by Crippen LogP contribution is 2.40. The predicted molar refractivity (Wildman–Crippen MR) is 35.0 cm³/mol. The van der Waals surface area contributed by atoms with Gasteiger partial charge in [0, 0.05) is 0 Å². The highest BCUT2D eigenvalue weighted by molar-refractivity contribution is 7.55. The van der Waals surface area contributed by atoms with Crippen LogP contribution in [0.15, 0.2) is 0 Å². The van der Waals surface area contributed by atoms with Crippen molar-refractivity contribution in [2.24, 2.45) is 0 Å². The summed E-state index contributed by atoms with van der Waals surface area (Å²) in [6.45, 7) is 0. The van der Waals surface area contributed by atoms with Gasteiger partial charge in [0.15, 0.2) is 23.3 Å². The molecule has 0 heterocycles. The molecule has 0 amide bonds. The first-order chi connectivity index (χ1) is 6.37. The van der Waals surface area contributed by atoms with E-state index in [0.717, 1.165) is 0 Å². The molecule has 1 aromatic rings. The van der Waals surface area contributed by atoms with Crippen molar-refractivity contribution in [3.8, 4) is 0 Å². The van der Waals surface area contributed by atoms with E-state index in [1.54, 1.807) is 0 Å². The monoisotopic (exact) mass is 236 g/mol. The zero-order valence-corrected chi connectivity index (χ0v) is 6.99. The molecule has 0 atom stereocenters. The normalized spacial score (nSPS) is 11.1. The standard InChI is InChI=1S/C6F7P/c7-1-2(8)4(10)6(14(12)13)5(11)3(1)9. The van der Waals surface area contributed by atoms with Gasteiger partial charge < -0.3 is 0 Å². The Kier molecular flexibility index (Phi) is 2.99. The van der Waals surface area contributed by atoms with Crippen molar-refractivity contribution in [1.29, 1.82) is 0 Å². The minimum Gasteiger partial charge on any atom is -0.203 e. The predicted octanol–water partition coefficient (Wildman–Crippen LogP) is 3.26. The summed E-state index contributed by atoms with van der Waals surface area (Å²) in [5.41, 5.74) is 0. The summed E-state index contributed by atoms with van der Waals surface area (Å²) in [7, 11) is -4.38. The van der Waals surface area contributed by atoms with Crippen molar-refractivity contribution >= 4 is 13.8 Å². The highest BCUT2D eigenvalue weighted by atomic mass is 31.2. The van der Waals surface area contributed by atoms with Gasteiger partial charge in [0.1, 0.15) is 5.30 Å². The molecule has 8 heteroatoms. The molecule has 1 aromatic carbocycles. The zero-order valence-electron chi connectivity index (χ0n) is 6.09. The fraction of sp³-hybridized carbons (Fsp3) is 0. The zero-order chi connectivity index (χ0) is 11.0. The van der Waals surface area contributed by atoms with E-state index in [4.69, 9.17) is 0 Å². The molecule has 0 nitrogen and oxygen atoms in total. The fourth-order valence-electron chi connectivity index (χ4n) is 0.742. The van der Waals surface area contributed by atoms with E-state index in [-0.39, 0.29) is 0 Å². The Labute approximate surface area is 74.3 Å². The van der Waals surface area contributed by atoms with E-state index >= 15 is 0 Å². The van der Waals surface area contributed by atoms with Crippen LogP contribution in [0, 0.1) is 29.1 Å². The number of hydrogen-bond acceptors (Lipinski definition) is 0. The molecule has 0 bridgehead atoms. The highest BCUT2D eigenvalue weighted by Gasteiger charge is 2.31. The topological polar surface area (TPSA) is 0 Å². The van der Waals surface area contributed by atoms with Crippen molar-refractivity contribution < 1.29 is 30.3 Å². The molecule has 0 radical (unpaired) electrons. The third-order valence-electron chi connectivity index (χ3n) is 1.36. The van der Waals surface area contributed by atoms with Crippen LogP contribution < -0.4 is 5.30 Å². The van der Waals surface area contributed by atoms with Gasteiger partial charge in [0.25, 0.3) is 0 Å². The molecular formula is C6F7P. The van der Waals surface area contributed by atoms with Gasteiger partial charge in [-0.3, -0.25) is 0 Å². The van der Waals surface area contributed by atoms with E-state index in [2.05, 4.69) is 0 Å². The molecule has 0 saturated heterocycles. The Hall–Kier alpha value is -0.840. The van der Waals surface area contributed by atoms with Crippen molar-refractivity contribution in [3.05, 3.63) is 29.1 Å². The van der Waals surface area contributed by atoms with Crippen LogP contribution in [0.3, 0.4) is 0 Å². The first kappa shape index (κ1) is 11.2. The molecule has 0 aliphatic carbocycles. The van der Waals surface area contributed by atoms with Crippen LogP contribution in [0.4, 0.5) is 30.3 Å². The van der Waals surface area contributed by atoms with Crippen LogP contribution in [-0.2, 0) is 0 Å². The summed E-state index contributed by atoms with van der Waals surface area (Å²) in [5, 5.41) is -2.04. The summed E-state index contributed by atoms with van der Waals surface area (Å²) < 4.78 is 85.6. The van der Waals surface area contributed by atoms with Crippen molar-refractivity contribution in [1.82, 2.24) is 0 Å².